The van der Waals surface area contributed by atoms with Crippen LogP contribution in [-0.2, 0) is 11.3 Å². The van der Waals surface area contributed by atoms with Crippen LogP contribution < -0.4 is 10.6 Å². The van der Waals surface area contributed by atoms with Crippen molar-refractivity contribution in [3.8, 4) is 0 Å². The van der Waals surface area contributed by atoms with E-state index in [-0.39, 0.29) is 11.6 Å². The first kappa shape index (κ1) is 14.4. The predicted octanol–water partition coefficient (Wildman–Crippen LogP) is 1.47. The van der Waals surface area contributed by atoms with Crippen LogP contribution in [0.25, 0.3) is 0 Å². The van der Waals surface area contributed by atoms with Gasteiger partial charge in [-0.15, -0.1) is 0 Å². The molecular formula is C11H14ClN3O3. The van der Waals surface area contributed by atoms with Crippen molar-refractivity contribution < 1.29 is 9.72 Å². The summed E-state index contributed by atoms with van der Waals surface area (Å²) in [6, 6.07) is 4.31. The molecule has 0 unspecified atom stereocenters. The first-order chi connectivity index (χ1) is 8.50. The molecule has 0 radical (unpaired) electrons. The molecule has 0 saturated carbocycles. The van der Waals surface area contributed by atoms with Crippen LogP contribution in [0, 0.1) is 10.1 Å². The molecule has 0 heterocycles. The lowest BCUT2D eigenvalue weighted by molar-refractivity contribution is -0.384. The molecule has 2 N–H and O–H groups in total. The lowest BCUT2D eigenvalue weighted by Gasteiger charge is -2.07. The lowest BCUT2D eigenvalue weighted by Crippen LogP contribution is -2.29. The summed E-state index contributed by atoms with van der Waals surface area (Å²) in [5, 5.41) is 16.8. The SMILES string of the molecule is CC(=O)NCCNCc1cc([N+](=O)[O-])ccc1Cl. The Morgan fingerprint density at radius 3 is 2.78 bits per heavy atom. The van der Waals surface area contributed by atoms with Crippen molar-refractivity contribution in [3.05, 3.63) is 38.9 Å². The van der Waals surface area contributed by atoms with Crippen LogP contribution in [0.4, 0.5) is 5.69 Å². The zero-order valence-electron chi connectivity index (χ0n) is 9.90. The van der Waals surface area contributed by atoms with Gasteiger partial charge in [-0.3, -0.25) is 14.9 Å². The lowest BCUT2D eigenvalue weighted by atomic mass is 10.2. The standard InChI is InChI=1S/C11H14ClN3O3/c1-8(16)14-5-4-13-7-9-6-10(15(17)18)2-3-11(9)12/h2-3,6,13H,4-5,7H2,1H3,(H,14,16). The number of non-ortho nitro benzene ring substituents is 1. The number of nitro groups is 1. The van der Waals surface area contributed by atoms with Gasteiger partial charge in [-0.05, 0) is 11.6 Å². The maximum atomic E-state index is 10.6. The summed E-state index contributed by atoms with van der Waals surface area (Å²) in [5.41, 5.74) is 0.673. The number of amides is 1. The van der Waals surface area contributed by atoms with Gasteiger partial charge in [0.05, 0.1) is 4.92 Å². The summed E-state index contributed by atoms with van der Waals surface area (Å²) in [6.07, 6.45) is 0. The fourth-order valence-corrected chi connectivity index (χ4v) is 1.54. The van der Waals surface area contributed by atoms with Gasteiger partial charge in [-0.2, -0.15) is 0 Å². The normalized spacial score (nSPS) is 10.1. The molecule has 1 rings (SSSR count). The summed E-state index contributed by atoms with van der Waals surface area (Å²) >= 11 is 5.93. The number of carbonyl (C=O) groups is 1. The molecular weight excluding hydrogens is 258 g/mol. The van der Waals surface area contributed by atoms with Gasteiger partial charge < -0.3 is 10.6 Å². The van der Waals surface area contributed by atoms with Gasteiger partial charge in [-0.1, -0.05) is 11.6 Å². The Labute approximate surface area is 109 Å². The van der Waals surface area contributed by atoms with E-state index in [9.17, 15) is 14.9 Å². The first-order valence-corrected chi connectivity index (χ1v) is 5.76. The van der Waals surface area contributed by atoms with Crippen LogP contribution in [0.2, 0.25) is 5.02 Å². The van der Waals surface area contributed by atoms with Crippen LogP contribution >= 0.6 is 11.6 Å². The Morgan fingerprint density at radius 2 is 2.17 bits per heavy atom. The third-order valence-electron chi connectivity index (χ3n) is 2.23. The van der Waals surface area contributed by atoms with E-state index >= 15 is 0 Å². The number of hydrogen-bond donors (Lipinski definition) is 2. The van der Waals surface area contributed by atoms with E-state index in [2.05, 4.69) is 10.6 Å². The van der Waals surface area contributed by atoms with Gasteiger partial charge in [0.25, 0.3) is 5.69 Å². The van der Waals surface area contributed by atoms with Crippen LogP contribution in [0.5, 0.6) is 0 Å². The average molecular weight is 272 g/mol. The molecule has 0 aromatic heterocycles. The fourth-order valence-electron chi connectivity index (χ4n) is 1.36. The predicted molar refractivity (Wildman–Crippen MR) is 68.5 cm³/mol. The van der Waals surface area contributed by atoms with Crippen LogP contribution in [0.15, 0.2) is 18.2 Å². The van der Waals surface area contributed by atoms with Gasteiger partial charge >= 0.3 is 0 Å². The molecule has 0 atom stereocenters. The quantitative estimate of drug-likeness (QED) is 0.466. The maximum Gasteiger partial charge on any atom is 0.269 e. The number of nitrogens with zero attached hydrogens (tertiary/aromatic N) is 1. The second kappa shape index (κ2) is 6.93. The van der Waals surface area contributed by atoms with Crippen LogP contribution in [0.3, 0.4) is 0 Å². The molecule has 0 aliphatic rings. The third-order valence-corrected chi connectivity index (χ3v) is 2.60. The highest BCUT2D eigenvalue weighted by Crippen LogP contribution is 2.21. The number of carbonyl (C=O) groups excluding carboxylic acids is 1. The van der Waals surface area contributed by atoms with Gasteiger partial charge in [-0.25, -0.2) is 0 Å². The minimum absolute atomic E-state index is 0.0121. The molecule has 18 heavy (non-hydrogen) atoms. The first-order valence-electron chi connectivity index (χ1n) is 5.38. The molecule has 0 fully saturated rings. The highest BCUT2D eigenvalue weighted by molar-refractivity contribution is 6.31. The summed E-state index contributed by atoms with van der Waals surface area (Å²) in [7, 11) is 0. The Bertz CT molecular complexity index is 451. The van der Waals surface area contributed by atoms with E-state index in [0.29, 0.717) is 30.2 Å². The van der Waals surface area contributed by atoms with E-state index in [0.717, 1.165) is 0 Å². The maximum absolute atomic E-state index is 10.6. The largest absolute Gasteiger partial charge is 0.355 e. The van der Waals surface area contributed by atoms with Crippen molar-refractivity contribution in [2.75, 3.05) is 13.1 Å². The molecule has 0 aliphatic heterocycles. The highest BCUT2D eigenvalue weighted by Gasteiger charge is 2.09. The number of halogens is 1. The van der Waals surface area contributed by atoms with E-state index in [1.807, 2.05) is 0 Å². The van der Waals surface area contributed by atoms with Gasteiger partial charge in [0.15, 0.2) is 0 Å². The molecule has 1 aromatic rings. The van der Waals surface area contributed by atoms with E-state index in [4.69, 9.17) is 11.6 Å². The number of nitro benzene ring substituents is 1. The Kier molecular flexibility index (Phi) is 5.54. The summed E-state index contributed by atoms with van der Waals surface area (Å²) in [5.74, 6) is -0.0924. The summed E-state index contributed by atoms with van der Waals surface area (Å²) in [4.78, 5) is 20.8. The molecule has 0 aliphatic carbocycles. The van der Waals surface area contributed by atoms with Gasteiger partial charge in [0, 0.05) is 43.7 Å². The number of benzene rings is 1. The molecule has 1 amide bonds. The van der Waals surface area contributed by atoms with E-state index in [1.54, 1.807) is 0 Å². The van der Waals surface area contributed by atoms with Crippen molar-refractivity contribution in [1.82, 2.24) is 10.6 Å². The van der Waals surface area contributed by atoms with E-state index in [1.165, 1.54) is 25.1 Å². The molecule has 1 aromatic carbocycles. The monoisotopic (exact) mass is 271 g/mol. The molecule has 7 heteroatoms. The third kappa shape index (κ3) is 4.68. The van der Waals surface area contributed by atoms with Crippen molar-refractivity contribution >= 4 is 23.2 Å². The Balaban J connectivity index is 2.48. The van der Waals surface area contributed by atoms with Crippen molar-refractivity contribution in [1.29, 1.82) is 0 Å². The topological polar surface area (TPSA) is 84.3 Å². The minimum atomic E-state index is -0.461. The second-order valence-corrected chi connectivity index (χ2v) is 4.10. The number of hydrogen-bond acceptors (Lipinski definition) is 4. The number of rotatable bonds is 6. The van der Waals surface area contributed by atoms with Crippen molar-refractivity contribution in [2.24, 2.45) is 0 Å². The van der Waals surface area contributed by atoms with Crippen LogP contribution in [-0.4, -0.2) is 23.9 Å². The van der Waals surface area contributed by atoms with E-state index < -0.39 is 4.92 Å². The fraction of sp³-hybridized carbons (Fsp3) is 0.364. The molecule has 0 bridgehead atoms. The molecule has 0 spiro atoms. The highest BCUT2D eigenvalue weighted by atomic mass is 35.5. The molecule has 6 nitrogen and oxygen atoms in total. The van der Waals surface area contributed by atoms with Gasteiger partial charge in [0.1, 0.15) is 0 Å². The van der Waals surface area contributed by atoms with Gasteiger partial charge in [0.2, 0.25) is 5.91 Å². The minimum Gasteiger partial charge on any atom is -0.355 e. The van der Waals surface area contributed by atoms with Crippen LogP contribution in [0.1, 0.15) is 12.5 Å². The average Bonchev–Trinajstić information content (AvgIpc) is 2.30. The zero-order valence-corrected chi connectivity index (χ0v) is 10.7. The smallest absolute Gasteiger partial charge is 0.269 e. The number of nitrogens with one attached hydrogen (secondary N) is 2. The summed E-state index contributed by atoms with van der Waals surface area (Å²) in [6.45, 7) is 2.93. The second-order valence-electron chi connectivity index (χ2n) is 3.69. The summed E-state index contributed by atoms with van der Waals surface area (Å²) < 4.78 is 0. The van der Waals surface area contributed by atoms with Crippen molar-refractivity contribution in [2.45, 2.75) is 13.5 Å². The Morgan fingerprint density at radius 1 is 1.44 bits per heavy atom. The molecule has 0 saturated heterocycles. The van der Waals surface area contributed by atoms with Crippen molar-refractivity contribution in [3.63, 3.8) is 0 Å². The zero-order chi connectivity index (χ0) is 13.5. The molecule has 98 valence electrons. The Hall–Kier alpha value is -1.66.